The predicted molar refractivity (Wildman–Crippen MR) is 92.5 cm³/mol. The minimum Gasteiger partial charge on any atom is -0.377 e. The number of hydrogen-bond acceptors (Lipinski definition) is 4. The molecule has 0 saturated heterocycles. The zero-order chi connectivity index (χ0) is 17.7. The van der Waals surface area contributed by atoms with Crippen LogP contribution in [0.5, 0.6) is 5.75 Å². The Bertz CT molecular complexity index is 886. The second-order valence-corrected chi connectivity index (χ2v) is 6.37. The van der Waals surface area contributed by atoms with Crippen LogP contribution in [0.2, 0.25) is 0 Å². The molecule has 2 aromatic carbocycles. The van der Waals surface area contributed by atoms with E-state index in [4.69, 9.17) is 21.4 Å². The van der Waals surface area contributed by atoms with Gasteiger partial charge in [-0.1, -0.05) is 29.8 Å². The molecule has 0 aliphatic rings. The molecule has 6 N–H and O–H groups in total. The fourth-order valence-corrected chi connectivity index (χ4v) is 2.71. The van der Waals surface area contributed by atoms with Crippen molar-refractivity contribution in [1.82, 2.24) is 0 Å². The van der Waals surface area contributed by atoms with Gasteiger partial charge in [0.2, 0.25) is 5.96 Å². The van der Waals surface area contributed by atoms with Gasteiger partial charge in [0.25, 0.3) is 0 Å². The molecule has 0 aliphatic heterocycles. The highest BCUT2D eigenvalue weighted by molar-refractivity contribution is 7.87. The summed E-state index contributed by atoms with van der Waals surface area (Å²) in [7, 11) is -4.01. The van der Waals surface area contributed by atoms with Gasteiger partial charge in [-0.25, -0.2) is 4.99 Å². The zero-order valence-corrected chi connectivity index (χ0v) is 13.7. The Kier molecular flexibility index (Phi) is 5.05. The molecule has 0 radical (unpaired) electrons. The van der Waals surface area contributed by atoms with Crippen LogP contribution in [0.15, 0.2) is 63.4 Å². The number of aliphatic imine (C=N–C) groups is 2. The van der Waals surface area contributed by atoms with Gasteiger partial charge in [-0.2, -0.15) is 13.4 Å². The molecule has 0 unspecified atom stereocenters. The fourth-order valence-electron chi connectivity index (χ4n) is 1.77. The van der Waals surface area contributed by atoms with Gasteiger partial charge < -0.3 is 21.4 Å². The van der Waals surface area contributed by atoms with E-state index in [0.29, 0.717) is 0 Å². The Morgan fingerprint density at radius 1 is 1.00 bits per heavy atom. The molecule has 24 heavy (non-hydrogen) atoms. The van der Waals surface area contributed by atoms with E-state index in [1.54, 1.807) is 24.3 Å². The number of benzene rings is 2. The lowest BCUT2D eigenvalue weighted by molar-refractivity contribution is 0.486. The first-order valence-corrected chi connectivity index (χ1v) is 8.23. The van der Waals surface area contributed by atoms with Crippen LogP contribution in [0.25, 0.3) is 0 Å². The van der Waals surface area contributed by atoms with Gasteiger partial charge >= 0.3 is 10.1 Å². The number of guanidine groups is 2. The number of nitrogens with two attached hydrogens (primary N) is 3. The third-order valence-electron chi connectivity index (χ3n) is 2.85. The molecule has 9 heteroatoms. The maximum Gasteiger partial charge on any atom is 0.339 e. The molecule has 0 amide bonds. The Labute approximate surface area is 139 Å². The lowest BCUT2D eigenvalue weighted by Gasteiger charge is -2.09. The third-order valence-corrected chi connectivity index (χ3v) is 4.10. The largest absolute Gasteiger partial charge is 0.377 e. The Hall–Kier alpha value is -3.07. The van der Waals surface area contributed by atoms with E-state index in [1.165, 1.54) is 24.3 Å². The minimum absolute atomic E-state index is 0.00631. The van der Waals surface area contributed by atoms with Gasteiger partial charge in [0.1, 0.15) is 10.6 Å². The van der Waals surface area contributed by atoms with Gasteiger partial charge in [-0.3, -0.25) is 0 Å². The standard InChI is InChI=1S/C15H17N5O3S/c1-10-6-8-11(9-7-10)24(21,22)23-13-5-3-2-4-12(13)19-15(18)20-14(16)17/h2-9H,1H3,(H6,16,17,18,19,20). The molecule has 8 nitrogen and oxygen atoms in total. The lowest BCUT2D eigenvalue weighted by atomic mass is 10.2. The van der Waals surface area contributed by atoms with Gasteiger partial charge in [-0.05, 0) is 31.2 Å². The lowest BCUT2D eigenvalue weighted by Crippen LogP contribution is -2.26. The maximum atomic E-state index is 12.4. The van der Waals surface area contributed by atoms with E-state index < -0.39 is 10.1 Å². The molecular weight excluding hydrogens is 330 g/mol. The summed E-state index contributed by atoms with van der Waals surface area (Å²) in [6.07, 6.45) is 0. The van der Waals surface area contributed by atoms with Crippen molar-refractivity contribution in [3.05, 3.63) is 54.1 Å². The quantitative estimate of drug-likeness (QED) is 0.427. The van der Waals surface area contributed by atoms with Crippen LogP contribution < -0.4 is 21.4 Å². The van der Waals surface area contributed by atoms with Crippen molar-refractivity contribution >= 4 is 27.7 Å². The first-order valence-electron chi connectivity index (χ1n) is 6.82. The first-order chi connectivity index (χ1) is 11.3. The van der Waals surface area contributed by atoms with E-state index in [-0.39, 0.29) is 28.3 Å². The van der Waals surface area contributed by atoms with Crippen molar-refractivity contribution < 1.29 is 12.6 Å². The number of rotatable bonds is 4. The third kappa shape index (κ3) is 4.46. The van der Waals surface area contributed by atoms with E-state index in [0.717, 1.165) is 5.56 Å². The smallest absolute Gasteiger partial charge is 0.339 e. The molecule has 2 rings (SSSR count). The van der Waals surface area contributed by atoms with Crippen molar-refractivity contribution in [2.24, 2.45) is 27.2 Å². The minimum atomic E-state index is -4.01. The van der Waals surface area contributed by atoms with Crippen LogP contribution in [-0.4, -0.2) is 20.3 Å². The predicted octanol–water partition coefficient (Wildman–Crippen LogP) is 0.982. The molecular formula is C15H17N5O3S. The summed E-state index contributed by atoms with van der Waals surface area (Å²) < 4.78 is 29.9. The van der Waals surface area contributed by atoms with Gasteiger partial charge in [-0.15, -0.1) is 0 Å². The molecule has 0 heterocycles. The first kappa shape index (κ1) is 17.3. The molecule has 0 bridgehead atoms. The number of para-hydroxylation sites is 2. The van der Waals surface area contributed by atoms with Crippen molar-refractivity contribution in [2.75, 3.05) is 0 Å². The molecule has 2 aromatic rings. The summed E-state index contributed by atoms with van der Waals surface area (Å²) in [4.78, 5) is 7.55. The SMILES string of the molecule is Cc1ccc(S(=O)(=O)Oc2ccccc2N=C(N)N=C(N)N)cc1. The number of hydrogen-bond donors (Lipinski definition) is 3. The highest BCUT2D eigenvalue weighted by atomic mass is 32.2. The van der Waals surface area contributed by atoms with Crippen molar-refractivity contribution in [1.29, 1.82) is 0 Å². The van der Waals surface area contributed by atoms with Gasteiger partial charge in [0.15, 0.2) is 11.7 Å². The molecule has 126 valence electrons. The topological polar surface area (TPSA) is 146 Å². The number of nitrogens with zero attached hydrogens (tertiary/aromatic N) is 2. The summed E-state index contributed by atoms with van der Waals surface area (Å²) in [5, 5.41) is 0. The summed E-state index contributed by atoms with van der Waals surface area (Å²) >= 11 is 0. The Balaban J connectivity index is 2.37. The number of aryl methyl sites for hydroxylation is 1. The van der Waals surface area contributed by atoms with Crippen LogP contribution >= 0.6 is 0 Å². The zero-order valence-electron chi connectivity index (χ0n) is 12.9. The van der Waals surface area contributed by atoms with Crippen LogP contribution in [0.4, 0.5) is 5.69 Å². The Morgan fingerprint density at radius 2 is 1.62 bits per heavy atom. The molecule has 0 saturated carbocycles. The van der Waals surface area contributed by atoms with E-state index in [9.17, 15) is 8.42 Å². The van der Waals surface area contributed by atoms with E-state index in [2.05, 4.69) is 9.98 Å². The van der Waals surface area contributed by atoms with Crippen LogP contribution in [0.1, 0.15) is 5.56 Å². The second-order valence-electron chi connectivity index (χ2n) is 4.82. The maximum absolute atomic E-state index is 12.4. The van der Waals surface area contributed by atoms with E-state index >= 15 is 0 Å². The van der Waals surface area contributed by atoms with Crippen LogP contribution in [-0.2, 0) is 10.1 Å². The molecule has 0 fully saturated rings. The summed E-state index contributed by atoms with van der Waals surface area (Å²) in [6.45, 7) is 1.85. The molecule has 0 aromatic heterocycles. The van der Waals surface area contributed by atoms with E-state index in [1.807, 2.05) is 6.92 Å². The monoisotopic (exact) mass is 347 g/mol. The summed E-state index contributed by atoms with van der Waals surface area (Å²) in [6, 6.07) is 12.5. The second kappa shape index (κ2) is 7.01. The normalized spacial score (nSPS) is 11.8. The average Bonchev–Trinajstić information content (AvgIpc) is 2.48. The highest BCUT2D eigenvalue weighted by Crippen LogP contribution is 2.29. The van der Waals surface area contributed by atoms with Gasteiger partial charge in [0, 0.05) is 0 Å². The fraction of sp³-hybridized carbons (Fsp3) is 0.0667. The molecule has 0 atom stereocenters. The van der Waals surface area contributed by atoms with Crippen LogP contribution in [0.3, 0.4) is 0 Å². The van der Waals surface area contributed by atoms with Gasteiger partial charge in [0.05, 0.1) is 0 Å². The molecule has 0 spiro atoms. The van der Waals surface area contributed by atoms with Crippen molar-refractivity contribution in [2.45, 2.75) is 11.8 Å². The van der Waals surface area contributed by atoms with Crippen molar-refractivity contribution in [3.63, 3.8) is 0 Å². The summed E-state index contributed by atoms with van der Waals surface area (Å²) in [5.41, 5.74) is 17.1. The van der Waals surface area contributed by atoms with Crippen molar-refractivity contribution in [3.8, 4) is 5.75 Å². The average molecular weight is 347 g/mol. The Morgan fingerprint density at radius 3 is 2.25 bits per heavy atom. The molecule has 0 aliphatic carbocycles. The van der Waals surface area contributed by atoms with Crippen LogP contribution in [0, 0.1) is 6.92 Å². The summed E-state index contributed by atoms with van der Waals surface area (Å²) in [5.74, 6) is -0.479. The highest BCUT2D eigenvalue weighted by Gasteiger charge is 2.18.